The van der Waals surface area contributed by atoms with Gasteiger partial charge in [-0.3, -0.25) is 14.5 Å². The maximum Gasteiger partial charge on any atom is 0.222 e. The molecule has 2 aliphatic heterocycles. The van der Waals surface area contributed by atoms with E-state index in [0.29, 0.717) is 19.0 Å². The van der Waals surface area contributed by atoms with Crippen molar-refractivity contribution in [3.8, 4) is 0 Å². The van der Waals surface area contributed by atoms with Crippen molar-refractivity contribution in [3.05, 3.63) is 65.5 Å². The first-order chi connectivity index (χ1) is 15.0. The van der Waals surface area contributed by atoms with E-state index >= 15 is 0 Å². The van der Waals surface area contributed by atoms with Gasteiger partial charge in [-0.1, -0.05) is 12.1 Å². The van der Waals surface area contributed by atoms with Gasteiger partial charge in [0.15, 0.2) is 5.78 Å². The van der Waals surface area contributed by atoms with E-state index < -0.39 is 0 Å². The van der Waals surface area contributed by atoms with E-state index in [2.05, 4.69) is 9.80 Å². The molecule has 0 aromatic heterocycles. The van der Waals surface area contributed by atoms with Crippen LogP contribution in [0.25, 0.3) is 0 Å². The number of halogens is 1. The van der Waals surface area contributed by atoms with Crippen LogP contribution in [-0.4, -0.2) is 60.3 Å². The molecule has 31 heavy (non-hydrogen) atoms. The van der Waals surface area contributed by atoms with Crippen LogP contribution in [0, 0.1) is 5.82 Å². The Labute approximate surface area is 183 Å². The predicted molar refractivity (Wildman–Crippen MR) is 120 cm³/mol. The molecular formula is C25H30FN3O2. The summed E-state index contributed by atoms with van der Waals surface area (Å²) in [4.78, 5) is 30.9. The smallest absolute Gasteiger partial charge is 0.222 e. The molecule has 1 atom stereocenters. The number of ketones is 1. The summed E-state index contributed by atoms with van der Waals surface area (Å²) in [5.41, 5.74) is 2.87. The Morgan fingerprint density at radius 1 is 0.935 bits per heavy atom. The van der Waals surface area contributed by atoms with Crippen LogP contribution in [0.15, 0.2) is 48.5 Å². The summed E-state index contributed by atoms with van der Waals surface area (Å²) < 4.78 is 13.1. The number of likely N-dealkylation sites (tertiary alicyclic amines) is 1. The highest BCUT2D eigenvalue weighted by atomic mass is 19.1. The Hall–Kier alpha value is -2.73. The largest absolute Gasteiger partial charge is 0.369 e. The van der Waals surface area contributed by atoms with Crippen molar-refractivity contribution in [2.45, 2.75) is 38.8 Å². The first kappa shape index (κ1) is 21.5. The number of nitrogens with zero attached hydrogens (tertiary/aromatic N) is 3. The van der Waals surface area contributed by atoms with Gasteiger partial charge < -0.3 is 9.80 Å². The number of anilines is 1. The molecular weight excluding hydrogens is 393 g/mol. The first-order valence-electron chi connectivity index (χ1n) is 11.1. The second-order valence-electron chi connectivity index (χ2n) is 8.55. The average Bonchev–Trinajstić information content (AvgIpc) is 2.97. The number of amides is 1. The van der Waals surface area contributed by atoms with Crippen LogP contribution < -0.4 is 4.90 Å². The van der Waals surface area contributed by atoms with Crippen LogP contribution in [0.1, 0.15) is 42.1 Å². The van der Waals surface area contributed by atoms with Crippen LogP contribution in [0.5, 0.6) is 0 Å². The highest BCUT2D eigenvalue weighted by Crippen LogP contribution is 2.23. The van der Waals surface area contributed by atoms with Gasteiger partial charge in [0.05, 0.1) is 0 Å². The summed E-state index contributed by atoms with van der Waals surface area (Å²) >= 11 is 0. The van der Waals surface area contributed by atoms with Gasteiger partial charge in [-0.15, -0.1) is 0 Å². The molecule has 6 heteroatoms. The van der Waals surface area contributed by atoms with E-state index in [0.717, 1.165) is 62.4 Å². The van der Waals surface area contributed by atoms with E-state index in [1.54, 1.807) is 19.1 Å². The minimum atomic E-state index is -0.250. The van der Waals surface area contributed by atoms with Crippen LogP contribution in [0.4, 0.5) is 10.1 Å². The zero-order valence-corrected chi connectivity index (χ0v) is 18.1. The summed E-state index contributed by atoms with van der Waals surface area (Å²) in [5, 5.41) is 0. The molecule has 2 fully saturated rings. The summed E-state index contributed by atoms with van der Waals surface area (Å²) in [5.74, 6) is 0.0312. The fourth-order valence-corrected chi connectivity index (χ4v) is 4.62. The van der Waals surface area contributed by atoms with E-state index in [-0.39, 0.29) is 17.5 Å². The Morgan fingerprint density at radius 2 is 1.61 bits per heavy atom. The predicted octanol–water partition coefficient (Wildman–Crippen LogP) is 3.73. The Kier molecular flexibility index (Phi) is 6.66. The lowest BCUT2D eigenvalue weighted by Crippen LogP contribution is -2.50. The first-order valence-corrected chi connectivity index (χ1v) is 11.1. The zero-order chi connectivity index (χ0) is 21.8. The van der Waals surface area contributed by atoms with E-state index in [1.807, 2.05) is 29.2 Å². The standard InChI is InChI=1S/C25H30FN3O2/c1-19(30)21-4-8-23(9-5-21)27-14-16-28(17-15-27)24-10-11-25(31)29(13-12-24)18-20-2-6-22(26)7-3-20/h2-9,24H,10-18H2,1H3. The van der Waals surface area contributed by atoms with Gasteiger partial charge in [0, 0.05) is 63.0 Å². The van der Waals surface area contributed by atoms with Crippen molar-refractivity contribution in [1.29, 1.82) is 0 Å². The molecule has 0 aliphatic carbocycles. The summed E-state index contributed by atoms with van der Waals surface area (Å²) in [6, 6.07) is 14.7. The quantitative estimate of drug-likeness (QED) is 0.688. The van der Waals surface area contributed by atoms with Crippen molar-refractivity contribution in [1.82, 2.24) is 9.80 Å². The highest BCUT2D eigenvalue weighted by Gasteiger charge is 2.28. The van der Waals surface area contributed by atoms with Gasteiger partial charge in [0.1, 0.15) is 5.82 Å². The molecule has 1 amide bonds. The molecule has 4 rings (SSSR count). The van der Waals surface area contributed by atoms with Crippen molar-refractivity contribution in [3.63, 3.8) is 0 Å². The number of rotatable bonds is 5. The van der Waals surface area contributed by atoms with Gasteiger partial charge in [-0.25, -0.2) is 4.39 Å². The molecule has 2 aromatic rings. The molecule has 1 unspecified atom stereocenters. The van der Waals surface area contributed by atoms with Gasteiger partial charge in [-0.2, -0.15) is 0 Å². The Morgan fingerprint density at radius 3 is 2.26 bits per heavy atom. The number of piperazine rings is 1. The van der Waals surface area contributed by atoms with Crippen molar-refractivity contribution in [2.75, 3.05) is 37.6 Å². The lowest BCUT2D eigenvalue weighted by Gasteiger charge is -2.40. The number of carbonyl (C=O) groups is 2. The second-order valence-corrected chi connectivity index (χ2v) is 8.55. The van der Waals surface area contributed by atoms with Gasteiger partial charge in [0.25, 0.3) is 0 Å². The molecule has 0 spiro atoms. The fraction of sp³-hybridized carbons (Fsp3) is 0.440. The maximum absolute atomic E-state index is 13.1. The third kappa shape index (κ3) is 5.31. The molecule has 0 bridgehead atoms. The maximum atomic E-state index is 13.1. The Balaban J connectivity index is 1.30. The van der Waals surface area contributed by atoms with Gasteiger partial charge in [-0.05, 0) is 61.7 Å². The number of hydrogen-bond donors (Lipinski definition) is 0. The molecule has 2 aromatic carbocycles. The fourth-order valence-electron chi connectivity index (χ4n) is 4.62. The molecule has 2 aliphatic rings. The molecule has 2 heterocycles. The molecule has 0 radical (unpaired) electrons. The lowest BCUT2D eigenvalue weighted by atomic mass is 10.1. The summed E-state index contributed by atoms with van der Waals surface area (Å²) in [6.07, 6.45) is 2.44. The third-order valence-corrected chi connectivity index (χ3v) is 6.53. The van der Waals surface area contributed by atoms with Gasteiger partial charge in [0.2, 0.25) is 5.91 Å². The van der Waals surface area contributed by atoms with Gasteiger partial charge >= 0.3 is 0 Å². The average molecular weight is 424 g/mol. The van der Waals surface area contributed by atoms with E-state index in [4.69, 9.17) is 0 Å². The topological polar surface area (TPSA) is 43.9 Å². The minimum Gasteiger partial charge on any atom is -0.369 e. The van der Waals surface area contributed by atoms with Crippen LogP contribution in [-0.2, 0) is 11.3 Å². The highest BCUT2D eigenvalue weighted by molar-refractivity contribution is 5.94. The van der Waals surface area contributed by atoms with E-state index in [1.165, 1.54) is 12.1 Å². The SMILES string of the molecule is CC(=O)c1ccc(N2CCN(C3CCC(=O)N(Cc4ccc(F)cc4)CC3)CC2)cc1. The van der Waals surface area contributed by atoms with Crippen LogP contribution >= 0.6 is 0 Å². The van der Waals surface area contributed by atoms with Crippen molar-refractivity contribution in [2.24, 2.45) is 0 Å². The van der Waals surface area contributed by atoms with Crippen LogP contribution in [0.2, 0.25) is 0 Å². The number of carbonyl (C=O) groups excluding carboxylic acids is 2. The summed E-state index contributed by atoms with van der Waals surface area (Å²) in [6.45, 7) is 6.73. The summed E-state index contributed by atoms with van der Waals surface area (Å²) in [7, 11) is 0. The number of Topliss-reactive ketones (excluding diaryl/α,β-unsaturated/α-hetero) is 1. The number of benzene rings is 2. The minimum absolute atomic E-state index is 0.0905. The van der Waals surface area contributed by atoms with Crippen molar-refractivity contribution >= 4 is 17.4 Å². The molecule has 0 saturated carbocycles. The van der Waals surface area contributed by atoms with E-state index in [9.17, 15) is 14.0 Å². The molecule has 164 valence electrons. The lowest BCUT2D eigenvalue weighted by molar-refractivity contribution is -0.131. The number of hydrogen-bond acceptors (Lipinski definition) is 4. The molecule has 2 saturated heterocycles. The molecule has 0 N–H and O–H groups in total. The monoisotopic (exact) mass is 423 g/mol. The molecule has 5 nitrogen and oxygen atoms in total. The van der Waals surface area contributed by atoms with Crippen molar-refractivity contribution < 1.29 is 14.0 Å². The second kappa shape index (κ2) is 9.60. The van der Waals surface area contributed by atoms with Crippen LogP contribution in [0.3, 0.4) is 0 Å². The zero-order valence-electron chi connectivity index (χ0n) is 18.1. The third-order valence-electron chi connectivity index (χ3n) is 6.53. The Bertz CT molecular complexity index is 905. The normalized spacial score (nSPS) is 20.6.